The summed E-state index contributed by atoms with van der Waals surface area (Å²) < 4.78 is 30.9. The lowest BCUT2D eigenvalue weighted by atomic mass is 9.97. The molecule has 1 aliphatic rings. The second-order valence-electron chi connectivity index (χ2n) is 4.50. The Morgan fingerprint density at radius 3 is 2.44 bits per heavy atom. The van der Waals surface area contributed by atoms with Crippen molar-refractivity contribution in [2.24, 2.45) is 5.73 Å². The Morgan fingerprint density at radius 1 is 1.39 bits per heavy atom. The summed E-state index contributed by atoms with van der Waals surface area (Å²) in [5, 5.41) is 0. The highest BCUT2D eigenvalue weighted by Crippen LogP contribution is 2.34. The molecule has 5 nitrogen and oxygen atoms in total. The molecular weight excluding hydrogens is 272 g/mol. The van der Waals surface area contributed by atoms with Crippen molar-refractivity contribution in [1.29, 1.82) is 0 Å². The zero-order valence-electron chi connectivity index (χ0n) is 11.2. The molecule has 0 aromatic carbocycles. The molecule has 0 radical (unpaired) electrons. The first-order valence-electron chi connectivity index (χ1n) is 6.30. The number of piperidine rings is 1. The standard InChI is InChI=1S/C11H24N2O3S2/c1-3-16-8-9-18(14,15)13-6-4-11(10-12,17-2)5-7-13/h3-10,12H2,1-2H3. The summed E-state index contributed by atoms with van der Waals surface area (Å²) in [6.45, 7) is 4.46. The van der Waals surface area contributed by atoms with Gasteiger partial charge in [0.05, 0.1) is 12.4 Å². The quantitative estimate of drug-likeness (QED) is 0.693. The van der Waals surface area contributed by atoms with Gasteiger partial charge >= 0.3 is 0 Å². The van der Waals surface area contributed by atoms with Crippen LogP contribution in [0, 0.1) is 0 Å². The van der Waals surface area contributed by atoms with Crippen molar-refractivity contribution in [2.45, 2.75) is 24.5 Å². The van der Waals surface area contributed by atoms with Crippen LogP contribution in [0.5, 0.6) is 0 Å². The van der Waals surface area contributed by atoms with E-state index in [-0.39, 0.29) is 17.1 Å². The maximum atomic E-state index is 12.1. The maximum absolute atomic E-state index is 12.1. The van der Waals surface area contributed by atoms with E-state index >= 15 is 0 Å². The monoisotopic (exact) mass is 296 g/mol. The van der Waals surface area contributed by atoms with Crippen molar-refractivity contribution >= 4 is 21.8 Å². The molecule has 0 spiro atoms. The highest BCUT2D eigenvalue weighted by Gasteiger charge is 2.36. The number of hydrogen-bond acceptors (Lipinski definition) is 5. The van der Waals surface area contributed by atoms with Crippen molar-refractivity contribution in [3.05, 3.63) is 0 Å². The molecule has 0 atom stereocenters. The van der Waals surface area contributed by atoms with Crippen molar-refractivity contribution in [3.63, 3.8) is 0 Å². The maximum Gasteiger partial charge on any atom is 0.216 e. The first kappa shape index (κ1) is 16.2. The minimum Gasteiger partial charge on any atom is -0.381 e. The van der Waals surface area contributed by atoms with Gasteiger partial charge in [-0.25, -0.2) is 12.7 Å². The Morgan fingerprint density at radius 2 is 2.00 bits per heavy atom. The molecule has 0 bridgehead atoms. The fourth-order valence-electron chi connectivity index (χ4n) is 2.10. The van der Waals surface area contributed by atoms with E-state index in [1.165, 1.54) is 0 Å². The fraction of sp³-hybridized carbons (Fsp3) is 1.00. The number of thioether (sulfide) groups is 1. The Bertz CT molecular complexity index is 332. The lowest BCUT2D eigenvalue weighted by Crippen LogP contribution is -2.49. The van der Waals surface area contributed by atoms with Gasteiger partial charge in [-0.1, -0.05) is 0 Å². The SMILES string of the molecule is CCOCCS(=O)(=O)N1CCC(CN)(SC)CC1. The molecule has 0 aromatic rings. The summed E-state index contributed by atoms with van der Waals surface area (Å²) in [5.41, 5.74) is 5.79. The molecule has 18 heavy (non-hydrogen) atoms. The summed E-state index contributed by atoms with van der Waals surface area (Å²) in [6, 6.07) is 0. The summed E-state index contributed by atoms with van der Waals surface area (Å²) in [7, 11) is -3.16. The zero-order valence-corrected chi connectivity index (χ0v) is 12.9. The molecule has 1 aliphatic heterocycles. The molecule has 1 fully saturated rings. The highest BCUT2D eigenvalue weighted by atomic mass is 32.2. The van der Waals surface area contributed by atoms with Crippen LogP contribution in [0.2, 0.25) is 0 Å². The van der Waals surface area contributed by atoms with Crippen LogP contribution in [0.1, 0.15) is 19.8 Å². The Labute approximate surface area is 114 Å². The summed E-state index contributed by atoms with van der Waals surface area (Å²) in [5.74, 6) is 0.0791. The van der Waals surface area contributed by atoms with Gasteiger partial charge in [0, 0.05) is 31.0 Å². The molecule has 0 unspecified atom stereocenters. The van der Waals surface area contributed by atoms with Crippen molar-refractivity contribution in [2.75, 3.05) is 44.9 Å². The zero-order chi connectivity index (χ0) is 13.6. The number of nitrogens with zero attached hydrogens (tertiary/aromatic N) is 1. The van der Waals surface area contributed by atoms with E-state index < -0.39 is 10.0 Å². The van der Waals surface area contributed by atoms with Crippen molar-refractivity contribution < 1.29 is 13.2 Å². The van der Waals surface area contributed by atoms with Gasteiger partial charge in [0.15, 0.2) is 0 Å². The van der Waals surface area contributed by atoms with Crippen LogP contribution in [0.3, 0.4) is 0 Å². The van der Waals surface area contributed by atoms with Crippen LogP contribution in [-0.4, -0.2) is 62.3 Å². The van der Waals surface area contributed by atoms with Crippen LogP contribution in [0.15, 0.2) is 0 Å². The number of rotatable bonds is 7. The summed E-state index contributed by atoms with van der Waals surface area (Å²) in [4.78, 5) is 0. The lowest BCUT2D eigenvalue weighted by molar-refractivity contribution is 0.162. The predicted octanol–water partition coefficient (Wildman–Crippen LogP) is 0.509. The smallest absolute Gasteiger partial charge is 0.216 e. The molecule has 0 aliphatic carbocycles. The van der Waals surface area contributed by atoms with Crippen LogP contribution in [-0.2, 0) is 14.8 Å². The predicted molar refractivity (Wildman–Crippen MR) is 76.4 cm³/mol. The molecule has 0 aromatic heterocycles. The van der Waals surface area contributed by atoms with Gasteiger partial charge in [-0.05, 0) is 26.0 Å². The molecule has 1 saturated heterocycles. The van der Waals surface area contributed by atoms with Crippen LogP contribution < -0.4 is 5.73 Å². The third-order valence-electron chi connectivity index (χ3n) is 3.52. The lowest BCUT2D eigenvalue weighted by Gasteiger charge is -2.39. The Kier molecular flexibility index (Phi) is 6.40. The molecule has 0 saturated carbocycles. The number of nitrogens with two attached hydrogens (primary N) is 1. The van der Waals surface area contributed by atoms with Crippen LogP contribution in [0.25, 0.3) is 0 Å². The highest BCUT2D eigenvalue weighted by molar-refractivity contribution is 8.00. The van der Waals surface area contributed by atoms with Crippen LogP contribution in [0.4, 0.5) is 0 Å². The summed E-state index contributed by atoms with van der Waals surface area (Å²) >= 11 is 1.76. The first-order chi connectivity index (χ1) is 8.49. The van der Waals surface area contributed by atoms with E-state index in [0.29, 0.717) is 26.2 Å². The van der Waals surface area contributed by atoms with E-state index in [4.69, 9.17) is 10.5 Å². The average Bonchev–Trinajstić information content (AvgIpc) is 2.39. The summed E-state index contributed by atoms with van der Waals surface area (Å²) in [6.07, 6.45) is 3.71. The Hall–Kier alpha value is 0.180. The molecule has 1 rings (SSSR count). The first-order valence-corrected chi connectivity index (χ1v) is 9.14. The number of hydrogen-bond donors (Lipinski definition) is 1. The van der Waals surface area contributed by atoms with Crippen LogP contribution >= 0.6 is 11.8 Å². The molecule has 1 heterocycles. The van der Waals surface area contributed by atoms with Gasteiger partial charge in [0.2, 0.25) is 10.0 Å². The van der Waals surface area contributed by atoms with Gasteiger partial charge < -0.3 is 10.5 Å². The molecular formula is C11H24N2O3S2. The molecule has 2 N–H and O–H groups in total. The largest absolute Gasteiger partial charge is 0.381 e. The van der Waals surface area contributed by atoms with Gasteiger partial charge in [-0.15, -0.1) is 0 Å². The van der Waals surface area contributed by atoms with E-state index in [0.717, 1.165) is 12.8 Å². The van der Waals surface area contributed by atoms with E-state index in [2.05, 4.69) is 0 Å². The van der Waals surface area contributed by atoms with Gasteiger partial charge in [-0.3, -0.25) is 0 Å². The second kappa shape index (κ2) is 7.09. The van der Waals surface area contributed by atoms with Gasteiger partial charge in [0.1, 0.15) is 0 Å². The molecule has 0 amide bonds. The van der Waals surface area contributed by atoms with Gasteiger partial charge in [-0.2, -0.15) is 11.8 Å². The van der Waals surface area contributed by atoms with E-state index in [9.17, 15) is 8.42 Å². The third-order valence-corrected chi connectivity index (χ3v) is 6.80. The number of sulfonamides is 1. The topological polar surface area (TPSA) is 72.6 Å². The average molecular weight is 296 g/mol. The minimum absolute atomic E-state index is 0.0614. The minimum atomic E-state index is -3.16. The van der Waals surface area contributed by atoms with Gasteiger partial charge in [0.25, 0.3) is 0 Å². The normalized spacial score (nSPS) is 21.1. The number of ether oxygens (including phenoxy) is 1. The van der Waals surface area contributed by atoms with E-state index in [1.807, 2.05) is 13.2 Å². The van der Waals surface area contributed by atoms with Crippen molar-refractivity contribution in [3.8, 4) is 0 Å². The second-order valence-corrected chi connectivity index (χ2v) is 7.87. The van der Waals surface area contributed by atoms with E-state index in [1.54, 1.807) is 16.1 Å². The molecule has 108 valence electrons. The van der Waals surface area contributed by atoms with Crippen molar-refractivity contribution in [1.82, 2.24) is 4.31 Å². The Balaban J connectivity index is 2.51. The molecule has 7 heteroatoms. The third kappa shape index (κ3) is 4.09. The fourth-order valence-corrected chi connectivity index (χ4v) is 4.18.